The van der Waals surface area contributed by atoms with Gasteiger partial charge in [0.1, 0.15) is 11.5 Å². The fourth-order valence-corrected chi connectivity index (χ4v) is 5.26. The van der Waals surface area contributed by atoms with Crippen LogP contribution in [0.2, 0.25) is 5.02 Å². The van der Waals surface area contributed by atoms with Gasteiger partial charge in [0.2, 0.25) is 5.78 Å². The molecule has 2 N–H and O–H groups in total. The number of aryl methyl sites for hydroxylation is 1. The van der Waals surface area contributed by atoms with Gasteiger partial charge in [-0.2, -0.15) is 0 Å². The first-order chi connectivity index (χ1) is 16.0. The highest BCUT2D eigenvalue weighted by atomic mass is 35.5. The number of fused-ring (bicyclic) bond motifs is 1. The van der Waals surface area contributed by atoms with Gasteiger partial charge in [-0.25, -0.2) is 0 Å². The quantitative estimate of drug-likeness (QED) is 0.204. The molecule has 0 bridgehead atoms. The highest BCUT2D eigenvalue weighted by Crippen LogP contribution is 2.42. The SMILES string of the molecule is CCNCCCOc1ccc(-c2c(C(=O)c3ccc(Cl)cc3C)sc3cc(O)ccc23)cc1. The number of aromatic hydroxyl groups is 1. The van der Waals surface area contributed by atoms with Crippen molar-refractivity contribution in [1.82, 2.24) is 5.32 Å². The molecule has 3 aromatic carbocycles. The summed E-state index contributed by atoms with van der Waals surface area (Å²) < 4.78 is 6.72. The molecule has 0 fully saturated rings. The van der Waals surface area contributed by atoms with Crippen molar-refractivity contribution in [2.24, 2.45) is 0 Å². The second-order valence-electron chi connectivity index (χ2n) is 7.85. The topological polar surface area (TPSA) is 58.6 Å². The summed E-state index contributed by atoms with van der Waals surface area (Å²) in [5.41, 5.74) is 3.26. The van der Waals surface area contributed by atoms with E-state index < -0.39 is 0 Å². The van der Waals surface area contributed by atoms with E-state index in [2.05, 4.69) is 12.2 Å². The van der Waals surface area contributed by atoms with Crippen molar-refractivity contribution in [1.29, 1.82) is 0 Å². The normalized spacial score (nSPS) is 11.1. The Bertz CT molecular complexity index is 1280. The van der Waals surface area contributed by atoms with E-state index in [-0.39, 0.29) is 11.5 Å². The van der Waals surface area contributed by atoms with Crippen molar-refractivity contribution in [3.05, 3.63) is 81.7 Å². The van der Waals surface area contributed by atoms with Gasteiger partial charge in [-0.1, -0.05) is 30.7 Å². The van der Waals surface area contributed by atoms with Gasteiger partial charge < -0.3 is 15.2 Å². The second-order valence-corrected chi connectivity index (χ2v) is 9.34. The van der Waals surface area contributed by atoms with Gasteiger partial charge in [-0.3, -0.25) is 4.79 Å². The number of hydrogen-bond acceptors (Lipinski definition) is 5. The molecule has 0 aliphatic carbocycles. The number of ether oxygens (including phenoxy) is 1. The molecule has 1 aromatic heterocycles. The van der Waals surface area contributed by atoms with E-state index in [1.807, 2.05) is 37.3 Å². The van der Waals surface area contributed by atoms with E-state index in [9.17, 15) is 9.90 Å². The molecule has 0 radical (unpaired) electrons. The molecule has 6 heteroatoms. The molecule has 0 unspecified atom stereocenters. The number of thiophene rings is 1. The van der Waals surface area contributed by atoms with Crippen LogP contribution in [0.1, 0.15) is 34.1 Å². The molecule has 170 valence electrons. The van der Waals surface area contributed by atoms with Crippen LogP contribution in [0, 0.1) is 6.92 Å². The minimum atomic E-state index is -0.0522. The Balaban J connectivity index is 1.70. The summed E-state index contributed by atoms with van der Waals surface area (Å²) in [4.78, 5) is 14.2. The zero-order valence-electron chi connectivity index (χ0n) is 18.7. The maximum Gasteiger partial charge on any atom is 0.203 e. The third kappa shape index (κ3) is 5.22. The lowest BCUT2D eigenvalue weighted by molar-refractivity contribution is 0.104. The van der Waals surface area contributed by atoms with Crippen LogP contribution in [-0.4, -0.2) is 30.6 Å². The number of phenols is 1. The summed E-state index contributed by atoms with van der Waals surface area (Å²) in [6, 6.07) is 18.4. The van der Waals surface area contributed by atoms with E-state index in [1.54, 1.807) is 30.3 Å². The molecule has 0 saturated heterocycles. The number of benzene rings is 3. The summed E-state index contributed by atoms with van der Waals surface area (Å²) in [6.07, 6.45) is 0.938. The van der Waals surface area contributed by atoms with Gasteiger partial charge in [0, 0.05) is 26.2 Å². The summed E-state index contributed by atoms with van der Waals surface area (Å²) in [5.74, 6) is 0.927. The number of nitrogens with one attached hydrogen (secondary N) is 1. The summed E-state index contributed by atoms with van der Waals surface area (Å²) in [7, 11) is 0. The third-order valence-electron chi connectivity index (χ3n) is 5.47. The Labute approximate surface area is 202 Å². The van der Waals surface area contributed by atoms with Crippen molar-refractivity contribution >= 4 is 38.8 Å². The van der Waals surface area contributed by atoms with Crippen LogP contribution in [0.25, 0.3) is 21.2 Å². The molecule has 0 spiro atoms. The second kappa shape index (κ2) is 10.4. The van der Waals surface area contributed by atoms with Gasteiger partial charge in [-0.15, -0.1) is 11.3 Å². The van der Waals surface area contributed by atoms with E-state index >= 15 is 0 Å². The lowest BCUT2D eigenvalue weighted by atomic mass is 9.96. The van der Waals surface area contributed by atoms with Crippen molar-refractivity contribution in [2.45, 2.75) is 20.3 Å². The van der Waals surface area contributed by atoms with Crippen molar-refractivity contribution in [2.75, 3.05) is 19.7 Å². The molecular formula is C27H26ClNO3S. The van der Waals surface area contributed by atoms with Crippen LogP contribution in [-0.2, 0) is 0 Å². The van der Waals surface area contributed by atoms with Gasteiger partial charge in [-0.05, 0) is 86.1 Å². The lowest BCUT2D eigenvalue weighted by Gasteiger charge is -2.10. The Morgan fingerprint density at radius 3 is 2.61 bits per heavy atom. The number of rotatable bonds is 9. The van der Waals surface area contributed by atoms with Crippen molar-refractivity contribution in [3.63, 3.8) is 0 Å². The predicted molar refractivity (Wildman–Crippen MR) is 137 cm³/mol. The smallest absolute Gasteiger partial charge is 0.203 e. The van der Waals surface area contributed by atoms with Crippen molar-refractivity contribution in [3.8, 4) is 22.6 Å². The van der Waals surface area contributed by atoms with Crippen LogP contribution in [0.15, 0.2) is 60.7 Å². The van der Waals surface area contributed by atoms with Crippen LogP contribution in [0.3, 0.4) is 0 Å². The number of phenolic OH excluding ortho intramolecular Hbond substituents is 1. The minimum absolute atomic E-state index is 0.0522. The first kappa shape index (κ1) is 23.3. The summed E-state index contributed by atoms with van der Waals surface area (Å²) in [5, 5.41) is 14.8. The Kier molecular flexibility index (Phi) is 7.33. The number of hydrogen-bond donors (Lipinski definition) is 2. The Hall–Kier alpha value is -2.86. The van der Waals surface area contributed by atoms with Crippen LogP contribution >= 0.6 is 22.9 Å². The molecule has 33 heavy (non-hydrogen) atoms. The van der Waals surface area contributed by atoms with Gasteiger partial charge in [0.25, 0.3) is 0 Å². The highest BCUT2D eigenvalue weighted by Gasteiger charge is 2.22. The molecule has 0 amide bonds. The van der Waals surface area contributed by atoms with Crippen LogP contribution in [0.5, 0.6) is 11.5 Å². The average molecular weight is 480 g/mol. The maximum absolute atomic E-state index is 13.6. The molecule has 4 aromatic rings. The van der Waals surface area contributed by atoms with Crippen LogP contribution in [0.4, 0.5) is 0 Å². The first-order valence-corrected chi connectivity index (χ1v) is 12.2. The van der Waals surface area contributed by atoms with E-state index in [4.69, 9.17) is 16.3 Å². The van der Waals surface area contributed by atoms with E-state index in [0.29, 0.717) is 22.1 Å². The maximum atomic E-state index is 13.6. The molecule has 0 aliphatic rings. The fraction of sp³-hybridized carbons (Fsp3) is 0.222. The first-order valence-electron chi connectivity index (χ1n) is 11.0. The monoisotopic (exact) mass is 479 g/mol. The molecule has 0 aliphatic heterocycles. The van der Waals surface area contributed by atoms with E-state index in [0.717, 1.165) is 52.0 Å². The highest BCUT2D eigenvalue weighted by molar-refractivity contribution is 7.21. The lowest BCUT2D eigenvalue weighted by Crippen LogP contribution is -2.16. The standard InChI is InChI=1S/C27H26ClNO3S/c1-3-29-13-4-14-32-21-9-5-18(6-10-21)25-23-12-8-20(30)16-24(23)33-27(25)26(31)22-11-7-19(28)15-17(22)2/h5-12,15-16,29-30H,3-4,13-14H2,1-2H3. The van der Waals surface area contributed by atoms with Crippen LogP contribution < -0.4 is 10.1 Å². The molecule has 1 heterocycles. The fourth-order valence-electron chi connectivity index (χ4n) is 3.82. The van der Waals surface area contributed by atoms with Gasteiger partial charge >= 0.3 is 0 Å². The summed E-state index contributed by atoms with van der Waals surface area (Å²) >= 11 is 7.49. The van der Waals surface area contributed by atoms with Gasteiger partial charge in [0.15, 0.2) is 0 Å². The van der Waals surface area contributed by atoms with E-state index in [1.165, 1.54) is 11.3 Å². The summed E-state index contributed by atoms with van der Waals surface area (Å²) in [6.45, 7) is 6.50. The molecule has 4 nitrogen and oxygen atoms in total. The van der Waals surface area contributed by atoms with Gasteiger partial charge in [0.05, 0.1) is 11.5 Å². The Morgan fingerprint density at radius 2 is 1.88 bits per heavy atom. The number of carbonyl (C=O) groups is 1. The third-order valence-corrected chi connectivity index (χ3v) is 6.86. The number of carbonyl (C=O) groups excluding carboxylic acids is 1. The van der Waals surface area contributed by atoms with Crippen molar-refractivity contribution < 1.29 is 14.6 Å². The number of halogens is 1. The molecule has 0 saturated carbocycles. The minimum Gasteiger partial charge on any atom is -0.508 e. The molecular weight excluding hydrogens is 454 g/mol. The Morgan fingerprint density at radius 1 is 1.09 bits per heavy atom. The zero-order valence-corrected chi connectivity index (χ0v) is 20.2. The predicted octanol–water partition coefficient (Wildman–Crippen LogP) is 6.85. The largest absolute Gasteiger partial charge is 0.508 e. The molecule has 0 atom stereocenters. The molecule has 4 rings (SSSR count). The zero-order chi connectivity index (χ0) is 23.4. The average Bonchev–Trinajstić information content (AvgIpc) is 3.17. The number of ketones is 1.